The molecule has 2 aromatic rings. The third-order valence-electron chi connectivity index (χ3n) is 3.73. The maximum absolute atomic E-state index is 12.5. The van der Waals surface area contributed by atoms with Gasteiger partial charge in [-0.2, -0.15) is 0 Å². The molecule has 0 bridgehead atoms. The molecule has 0 aliphatic rings. The molecule has 1 atom stereocenters. The highest BCUT2D eigenvalue weighted by Gasteiger charge is 2.22. The molecular formula is C19H21NO4. The summed E-state index contributed by atoms with van der Waals surface area (Å²) in [5.41, 5.74) is 6.65. The third-order valence-corrected chi connectivity index (χ3v) is 3.73. The van der Waals surface area contributed by atoms with Gasteiger partial charge in [-0.1, -0.05) is 43.7 Å². The first-order chi connectivity index (χ1) is 11.5. The summed E-state index contributed by atoms with van der Waals surface area (Å²) in [7, 11) is 0. The van der Waals surface area contributed by atoms with Gasteiger partial charge in [-0.3, -0.25) is 0 Å². The number of carbonyl (C=O) groups is 2. The number of carboxylic acids is 1. The van der Waals surface area contributed by atoms with E-state index in [1.807, 2.05) is 30.3 Å². The van der Waals surface area contributed by atoms with Gasteiger partial charge in [0, 0.05) is 5.69 Å². The zero-order valence-corrected chi connectivity index (χ0v) is 13.6. The molecule has 5 nitrogen and oxygen atoms in total. The summed E-state index contributed by atoms with van der Waals surface area (Å²) < 4.78 is 5.61. The van der Waals surface area contributed by atoms with Gasteiger partial charge >= 0.3 is 11.9 Å². The number of hydrogen-bond acceptors (Lipinski definition) is 4. The summed E-state index contributed by atoms with van der Waals surface area (Å²) in [6, 6.07) is 13.6. The van der Waals surface area contributed by atoms with E-state index in [-0.39, 0.29) is 16.8 Å². The third kappa shape index (κ3) is 4.35. The molecule has 0 aliphatic heterocycles. The summed E-state index contributed by atoms with van der Waals surface area (Å²) in [5.74, 6) is -1.86. The van der Waals surface area contributed by atoms with E-state index in [0.717, 1.165) is 18.4 Å². The number of carbonyl (C=O) groups excluding carboxylic acids is 1. The van der Waals surface area contributed by atoms with Crippen molar-refractivity contribution < 1.29 is 19.4 Å². The van der Waals surface area contributed by atoms with E-state index in [0.29, 0.717) is 6.42 Å². The molecule has 2 rings (SSSR count). The molecule has 0 spiro atoms. The molecule has 0 aromatic heterocycles. The molecule has 0 fully saturated rings. The van der Waals surface area contributed by atoms with Gasteiger partial charge in [0.25, 0.3) is 0 Å². The van der Waals surface area contributed by atoms with Crippen LogP contribution < -0.4 is 5.73 Å². The Balaban J connectivity index is 2.26. The summed E-state index contributed by atoms with van der Waals surface area (Å²) >= 11 is 0. The number of nitrogen functional groups attached to an aromatic ring is 1. The predicted molar refractivity (Wildman–Crippen MR) is 91.9 cm³/mol. The van der Waals surface area contributed by atoms with Crippen molar-refractivity contribution in [2.24, 2.45) is 0 Å². The second-order valence-electron chi connectivity index (χ2n) is 5.56. The fourth-order valence-electron chi connectivity index (χ4n) is 2.46. The van der Waals surface area contributed by atoms with Crippen LogP contribution in [-0.2, 0) is 4.74 Å². The van der Waals surface area contributed by atoms with Gasteiger partial charge in [0.1, 0.15) is 6.10 Å². The molecule has 0 radical (unpaired) electrons. The van der Waals surface area contributed by atoms with E-state index in [2.05, 4.69) is 6.92 Å². The summed E-state index contributed by atoms with van der Waals surface area (Å²) in [6.07, 6.45) is 2.16. The van der Waals surface area contributed by atoms with E-state index in [1.54, 1.807) is 0 Å². The van der Waals surface area contributed by atoms with E-state index >= 15 is 0 Å². The zero-order valence-electron chi connectivity index (χ0n) is 13.6. The van der Waals surface area contributed by atoms with Crippen LogP contribution in [0, 0.1) is 0 Å². The highest BCUT2D eigenvalue weighted by atomic mass is 16.5. The number of carboxylic acid groups (broad SMARTS) is 1. The maximum Gasteiger partial charge on any atom is 0.339 e. The average Bonchev–Trinajstić information content (AvgIpc) is 2.59. The largest absolute Gasteiger partial charge is 0.478 e. The number of ether oxygens (including phenoxy) is 1. The van der Waals surface area contributed by atoms with Crippen LogP contribution >= 0.6 is 0 Å². The second-order valence-corrected chi connectivity index (χ2v) is 5.56. The number of esters is 1. The van der Waals surface area contributed by atoms with E-state index < -0.39 is 18.0 Å². The van der Waals surface area contributed by atoms with Gasteiger partial charge in [-0.15, -0.1) is 0 Å². The van der Waals surface area contributed by atoms with Crippen molar-refractivity contribution in [3.63, 3.8) is 0 Å². The average molecular weight is 327 g/mol. The lowest BCUT2D eigenvalue weighted by Crippen LogP contribution is -2.15. The first kappa shape index (κ1) is 17.5. The number of anilines is 1. The zero-order chi connectivity index (χ0) is 17.5. The summed E-state index contributed by atoms with van der Waals surface area (Å²) in [6.45, 7) is 2.06. The van der Waals surface area contributed by atoms with Crippen LogP contribution in [0.25, 0.3) is 0 Å². The fraction of sp³-hybridized carbons (Fsp3) is 0.263. The number of rotatable bonds is 7. The summed E-state index contributed by atoms with van der Waals surface area (Å²) in [5, 5.41) is 9.27. The van der Waals surface area contributed by atoms with Crippen molar-refractivity contribution >= 4 is 17.6 Å². The lowest BCUT2D eigenvalue weighted by molar-refractivity contribution is 0.0266. The highest BCUT2D eigenvalue weighted by molar-refractivity contribution is 6.03. The van der Waals surface area contributed by atoms with E-state index in [4.69, 9.17) is 10.5 Å². The Morgan fingerprint density at radius 3 is 2.46 bits per heavy atom. The van der Waals surface area contributed by atoms with Crippen LogP contribution in [0.15, 0.2) is 48.5 Å². The van der Waals surface area contributed by atoms with Crippen LogP contribution in [0.1, 0.15) is 58.6 Å². The van der Waals surface area contributed by atoms with Crippen molar-refractivity contribution in [1.82, 2.24) is 0 Å². The molecule has 0 amide bonds. The Morgan fingerprint density at radius 2 is 1.83 bits per heavy atom. The van der Waals surface area contributed by atoms with Gasteiger partial charge in [-0.05, 0) is 36.6 Å². The Hall–Kier alpha value is -2.82. The Morgan fingerprint density at radius 1 is 1.12 bits per heavy atom. The van der Waals surface area contributed by atoms with E-state index in [1.165, 1.54) is 18.2 Å². The monoisotopic (exact) mass is 327 g/mol. The molecule has 0 aliphatic carbocycles. The van der Waals surface area contributed by atoms with Crippen LogP contribution in [0.5, 0.6) is 0 Å². The van der Waals surface area contributed by atoms with E-state index in [9.17, 15) is 14.7 Å². The molecule has 126 valence electrons. The minimum Gasteiger partial charge on any atom is -0.478 e. The molecule has 0 heterocycles. The molecule has 24 heavy (non-hydrogen) atoms. The van der Waals surface area contributed by atoms with Gasteiger partial charge in [0.15, 0.2) is 0 Å². The normalized spacial score (nSPS) is 11.7. The van der Waals surface area contributed by atoms with Gasteiger partial charge in [0.2, 0.25) is 0 Å². The quantitative estimate of drug-likeness (QED) is 0.591. The first-order valence-corrected chi connectivity index (χ1v) is 7.91. The molecule has 0 saturated heterocycles. The minimum atomic E-state index is -1.21. The number of aromatic carboxylic acids is 1. The van der Waals surface area contributed by atoms with Crippen molar-refractivity contribution in [1.29, 1.82) is 0 Å². The molecule has 1 unspecified atom stereocenters. The van der Waals surface area contributed by atoms with Crippen LogP contribution in [-0.4, -0.2) is 17.0 Å². The van der Waals surface area contributed by atoms with Crippen molar-refractivity contribution in [2.45, 2.75) is 32.3 Å². The molecule has 0 saturated carbocycles. The number of benzene rings is 2. The van der Waals surface area contributed by atoms with Gasteiger partial charge < -0.3 is 15.6 Å². The fourth-order valence-corrected chi connectivity index (χ4v) is 2.46. The van der Waals surface area contributed by atoms with Crippen molar-refractivity contribution in [2.75, 3.05) is 5.73 Å². The number of hydrogen-bond donors (Lipinski definition) is 2. The minimum absolute atomic E-state index is 0.00845. The van der Waals surface area contributed by atoms with Gasteiger partial charge in [-0.25, -0.2) is 9.59 Å². The predicted octanol–water partition coefficient (Wildman–Crippen LogP) is 4.06. The van der Waals surface area contributed by atoms with Crippen LogP contribution in [0.2, 0.25) is 0 Å². The summed E-state index contributed by atoms with van der Waals surface area (Å²) in [4.78, 5) is 23.8. The Bertz CT molecular complexity index is 713. The smallest absolute Gasteiger partial charge is 0.339 e. The Labute approximate surface area is 141 Å². The van der Waals surface area contributed by atoms with Gasteiger partial charge in [0.05, 0.1) is 11.1 Å². The standard InChI is InChI=1S/C19H21NO4/c1-2-3-9-17(13-7-5-4-6-8-13)24-19(23)15-11-10-14(20)12-16(15)18(21)22/h4-8,10-12,17H,2-3,9,20H2,1H3,(H,21,22). The second kappa shape index (κ2) is 8.15. The molecule has 5 heteroatoms. The topological polar surface area (TPSA) is 89.6 Å². The maximum atomic E-state index is 12.5. The lowest BCUT2D eigenvalue weighted by Gasteiger charge is -2.19. The lowest BCUT2D eigenvalue weighted by atomic mass is 10.0. The molecule has 2 aromatic carbocycles. The molecular weight excluding hydrogens is 306 g/mol. The highest BCUT2D eigenvalue weighted by Crippen LogP contribution is 2.26. The van der Waals surface area contributed by atoms with Crippen molar-refractivity contribution in [3.05, 3.63) is 65.2 Å². The molecule has 3 N–H and O–H groups in total. The SMILES string of the molecule is CCCCC(OC(=O)c1ccc(N)cc1C(=O)O)c1ccccc1. The number of nitrogens with two attached hydrogens (primary N) is 1. The van der Waals surface area contributed by atoms with Crippen LogP contribution in [0.3, 0.4) is 0 Å². The van der Waals surface area contributed by atoms with Crippen LogP contribution in [0.4, 0.5) is 5.69 Å². The first-order valence-electron chi connectivity index (χ1n) is 7.91. The Kier molecular flexibility index (Phi) is 5.95. The number of unbranched alkanes of at least 4 members (excludes halogenated alkanes) is 1. The van der Waals surface area contributed by atoms with Crippen molar-refractivity contribution in [3.8, 4) is 0 Å².